The van der Waals surface area contributed by atoms with E-state index in [9.17, 15) is 13.6 Å². The molecule has 264 valence electrons. The number of aryl methyl sites for hydroxylation is 3. The van der Waals surface area contributed by atoms with Crippen molar-refractivity contribution >= 4 is 33.1 Å². The zero-order valence-corrected chi connectivity index (χ0v) is 28.7. The van der Waals surface area contributed by atoms with Crippen LogP contribution in [-0.4, -0.2) is 50.8 Å². The second kappa shape index (κ2) is 12.4. The van der Waals surface area contributed by atoms with Crippen LogP contribution in [0.3, 0.4) is 0 Å². The van der Waals surface area contributed by atoms with Crippen molar-refractivity contribution in [3.05, 3.63) is 106 Å². The molecule has 52 heavy (non-hydrogen) atoms. The summed E-state index contributed by atoms with van der Waals surface area (Å²) in [6.07, 6.45) is 0.0502. The van der Waals surface area contributed by atoms with Crippen LogP contribution in [0.15, 0.2) is 59.1 Å². The fourth-order valence-electron chi connectivity index (χ4n) is 7.87. The quantitative estimate of drug-likeness (QED) is 0.156. The molecule has 0 unspecified atom stereocenters. The molecule has 1 saturated heterocycles. The van der Waals surface area contributed by atoms with E-state index in [-0.39, 0.29) is 40.5 Å². The molecule has 6 heterocycles. The van der Waals surface area contributed by atoms with Crippen LogP contribution in [0.25, 0.3) is 32.0 Å². The summed E-state index contributed by atoms with van der Waals surface area (Å²) in [4.78, 5) is 26.4. The molecule has 0 radical (unpaired) electrons. The van der Waals surface area contributed by atoms with Crippen LogP contribution in [0.2, 0.25) is 0 Å². The standard InChI is InChI=1S/C38H30F4N6O3S/c1-17-46-47-37(51-17)27-23(12-7-18-5-8-20(39)9-6-18)44-33-24-4-3-15-48(24)38(49)29(33)28(27)25-16-19-13-14-43-36(35(19)52-25)45-32-21-10-11-22(40)34(50-2)26(21)30(41)31(32)42/h5-6,8-11,13-14,16,24,30-32H,3-4,7,12,15H2,1-2H3,(H,43,45)/t24-,30+,31+,32-/m1/s1. The Bertz CT molecular complexity index is 2400. The Kier molecular flexibility index (Phi) is 7.75. The van der Waals surface area contributed by atoms with Crippen molar-refractivity contribution in [2.24, 2.45) is 0 Å². The van der Waals surface area contributed by atoms with Crippen LogP contribution < -0.4 is 10.1 Å². The van der Waals surface area contributed by atoms with E-state index < -0.39 is 24.2 Å². The fourth-order valence-corrected chi connectivity index (χ4v) is 9.03. The van der Waals surface area contributed by atoms with E-state index in [0.717, 1.165) is 29.9 Å². The van der Waals surface area contributed by atoms with Gasteiger partial charge >= 0.3 is 0 Å². The number of amides is 1. The largest absolute Gasteiger partial charge is 0.493 e. The Morgan fingerprint density at radius 2 is 1.87 bits per heavy atom. The average molecular weight is 727 g/mol. The number of nitrogens with zero attached hydrogens (tertiary/aromatic N) is 5. The zero-order valence-electron chi connectivity index (χ0n) is 27.9. The van der Waals surface area contributed by atoms with Crippen molar-refractivity contribution in [1.82, 2.24) is 25.1 Å². The highest BCUT2D eigenvalue weighted by Crippen LogP contribution is 2.52. The number of hydrogen-bond donors (Lipinski definition) is 1. The Balaban J connectivity index is 1.20. The van der Waals surface area contributed by atoms with Gasteiger partial charge in [-0.15, -0.1) is 21.5 Å². The molecular weight excluding hydrogens is 697 g/mol. The molecule has 1 amide bonds. The monoisotopic (exact) mass is 726 g/mol. The molecule has 1 N–H and O–H groups in total. The second-order valence-corrected chi connectivity index (χ2v) is 14.3. The van der Waals surface area contributed by atoms with E-state index in [2.05, 4.69) is 20.5 Å². The summed E-state index contributed by atoms with van der Waals surface area (Å²) in [6.45, 7) is 2.30. The molecule has 0 bridgehead atoms. The Morgan fingerprint density at radius 3 is 2.63 bits per heavy atom. The number of carbonyl (C=O) groups excluding carboxylic acids is 1. The maximum Gasteiger partial charge on any atom is 0.257 e. The first-order valence-electron chi connectivity index (χ1n) is 16.9. The number of hydrogen-bond acceptors (Lipinski definition) is 9. The Hall–Kier alpha value is -5.37. The van der Waals surface area contributed by atoms with Crippen molar-refractivity contribution in [2.75, 3.05) is 19.0 Å². The number of rotatable bonds is 8. The van der Waals surface area contributed by atoms with E-state index >= 15 is 8.78 Å². The Morgan fingerprint density at radius 1 is 1.04 bits per heavy atom. The zero-order chi connectivity index (χ0) is 35.8. The first-order valence-corrected chi connectivity index (χ1v) is 17.8. The van der Waals surface area contributed by atoms with Gasteiger partial charge in [0.05, 0.1) is 46.4 Å². The van der Waals surface area contributed by atoms with E-state index in [4.69, 9.17) is 14.1 Å². The molecule has 2 aromatic carbocycles. The molecule has 1 aliphatic carbocycles. The minimum absolute atomic E-state index is 0.130. The molecule has 0 spiro atoms. The molecule has 6 aromatic rings. The second-order valence-electron chi connectivity index (χ2n) is 13.2. The number of benzene rings is 2. The third kappa shape index (κ3) is 5.06. The van der Waals surface area contributed by atoms with Crippen LogP contribution in [0, 0.1) is 18.6 Å². The minimum atomic E-state index is -2.11. The predicted octanol–water partition coefficient (Wildman–Crippen LogP) is 8.59. The Labute approximate surface area is 298 Å². The lowest BCUT2D eigenvalue weighted by atomic mass is 9.93. The average Bonchev–Trinajstić information content (AvgIpc) is 3.97. The topological polar surface area (TPSA) is 106 Å². The number of ether oxygens (including phenoxy) is 1. The number of alkyl halides is 2. The minimum Gasteiger partial charge on any atom is -0.493 e. The number of methoxy groups -OCH3 is 1. The van der Waals surface area contributed by atoms with Gasteiger partial charge in [0, 0.05) is 35.7 Å². The van der Waals surface area contributed by atoms with Gasteiger partial charge in [0.2, 0.25) is 11.8 Å². The number of carbonyl (C=O) groups is 1. The smallest absolute Gasteiger partial charge is 0.257 e. The summed E-state index contributed by atoms with van der Waals surface area (Å²) in [7, 11) is 1.22. The molecule has 3 aliphatic rings. The van der Waals surface area contributed by atoms with Crippen molar-refractivity contribution < 1.29 is 31.5 Å². The van der Waals surface area contributed by atoms with Gasteiger partial charge in [-0.3, -0.25) is 9.78 Å². The van der Waals surface area contributed by atoms with Crippen LogP contribution in [-0.2, 0) is 12.8 Å². The summed E-state index contributed by atoms with van der Waals surface area (Å²) in [5.74, 6) is -0.701. The van der Waals surface area contributed by atoms with Gasteiger partial charge in [-0.25, -0.2) is 22.5 Å². The van der Waals surface area contributed by atoms with Crippen molar-refractivity contribution in [1.29, 1.82) is 0 Å². The lowest BCUT2D eigenvalue weighted by molar-refractivity contribution is 0.0776. The number of aromatic nitrogens is 4. The van der Waals surface area contributed by atoms with Gasteiger partial charge in [0.1, 0.15) is 11.6 Å². The van der Waals surface area contributed by atoms with E-state index in [1.807, 2.05) is 11.0 Å². The van der Waals surface area contributed by atoms with Gasteiger partial charge in [-0.1, -0.05) is 18.2 Å². The fraction of sp³-hybridized carbons (Fsp3) is 0.289. The third-order valence-corrected chi connectivity index (χ3v) is 11.4. The van der Waals surface area contributed by atoms with Gasteiger partial charge in [-0.05, 0) is 72.5 Å². The molecule has 9 rings (SSSR count). The van der Waals surface area contributed by atoms with E-state index in [1.54, 1.807) is 31.3 Å². The van der Waals surface area contributed by atoms with Crippen molar-refractivity contribution in [3.63, 3.8) is 0 Å². The number of pyridine rings is 2. The number of halogens is 4. The summed E-state index contributed by atoms with van der Waals surface area (Å²) in [6, 6.07) is 11.2. The molecule has 1 fully saturated rings. The highest BCUT2D eigenvalue weighted by atomic mass is 32.1. The molecule has 4 atom stereocenters. The van der Waals surface area contributed by atoms with Gasteiger partial charge in [-0.2, -0.15) is 0 Å². The van der Waals surface area contributed by atoms with Crippen LogP contribution in [0.1, 0.15) is 75.4 Å². The van der Waals surface area contributed by atoms with Crippen molar-refractivity contribution in [3.8, 4) is 27.6 Å². The molecule has 0 saturated carbocycles. The first-order chi connectivity index (χ1) is 25.2. The maximum atomic E-state index is 15.7. The number of thiophene rings is 1. The maximum absolute atomic E-state index is 15.7. The molecule has 4 aromatic heterocycles. The normalized spacial score (nSPS) is 20.4. The lowest BCUT2D eigenvalue weighted by Crippen LogP contribution is -2.22. The summed E-state index contributed by atoms with van der Waals surface area (Å²) < 4.78 is 71.0. The number of nitrogens with one attached hydrogen (secondary N) is 1. The summed E-state index contributed by atoms with van der Waals surface area (Å²) >= 11 is 1.33. The predicted molar refractivity (Wildman–Crippen MR) is 186 cm³/mol. The van der Waals surface area contributed by atoms with Gasteiger partial charge in [0.25, 0.3) is 5.91 Å². The molecule has 2 aliphatic heterocycles. The molecular formula is C38H30F4N6O3S. The number of fused-ring (bicyclic) bond motifs is 5. The SMILES string of the molecule is COc1c(F)ccc2c1[C@H](F)[C@H](F)[C@@H]2Nc1nccc2cc(-c3c4c(nc(CCc5ccc(F)cc5)c3-c3nnc(C)o3)[C@H]3CCCN3C4=O)sc12. The highest BCUT2D eigenvalue weighted by Gasteiger charge is 2.46. The van der Waals surface area contributed by atoms with E-state index in [1.165, 1.54) is 36.6 Å². The summed E-state index contributed by atoms with van der Waals surface area (Å²) in [5, 5.41) is 12.3. The van der Waals surface area contributed by atoms with Gasteiger partial charge in [0.15, 0.2) is 23.9 Å². The summed E-state index contributed by atoms with van der Waals surface area (Å²) in [5.41, 5.74) is 3.96. The molecule has 14 heteroatoms. The first kappa shape index (κ1) is 32.5. The van der Waals surface area contributed by atoms with Gasteiger partial charge < -0.3 is 19.4 Å². The van der Waals surface area contributed by atoms with Crippen molar-refractivity contribution in [2.45, 2.75) is 57.0 Å². The highest BCUT2D eigenvalue weighted by molar-refractivity contribution is 7.23. The third-order valence-electron chi connectivity index (χ3n) is 10.2. The van der Waals surface area contributed by atoms with E-state index in [0.29, 0.717) is 68.8 Å². The number of anilines is 1. The lowest BCUT2D eigenvalue weighted by Gasteiger charge is -2.18. The van der Waals surface area contributed by atoms with Crippen LogP contribution in [0.5, 0.6) is 5.75 Å². The van der Waals surface area contributed by atoms with Crippen LogP contribution >= 0.6 is 11.3 Å². The van der Waals surface area contributed by atoms with Crippen LogP contribution in [0.4, 0.5) is 23.4 Å². The molecule has 9 nitrogen and oxygen atoms in total.